The molecule has 0 atom stereocenters. The minimum Gasteiger partial charge on any atom is -0.484 e. The number of fused-ring (bicyclic) bond motifs is 1. The fraction of sp³-hybridized carbons (Fsp3) is 0.474. The topological polar surface area (TPSA) is 59.8 Å². The number of nitrogens with zero attached hydrogens (tertiary/aromatic N) is 1. The van der Waals surface area contributed by atoms with Crippen molar-refractivity contribution < 1.29 is 13.9 Å². The average Bonchev–Trinajstić information content (AvgIpc) is 3.26. The maximum Gasteiger partial charge on any atom is 0.336 e. The molecule has 0 radical (unpaired) electrons. The molecule has 5 nitrogen and oxygen atoms in total. The highest BCUT2D eigenvalue weighted by molar-refractivity contribution is 5.80. The van der Waals surface area contributed by atoms with Crippen molar-refractivity contribution in [3.8, 4) is 5.75 Å². The highest BCUT2D eigenvalue weighted by Crippen LogP contribution is 2.34. The summed E-state index contributed by atoms with van der Waals surface area (Å²) < 4.78 is 10.8. The molecule has 2 aromatic rings. The molecule has 4 rings (SSSR count). The summed E-state index contributed by atoms with van der Waals surface area (Å²) in [4.78, 5) is 26.0. The fourth-order valence-corrected chi connectivity index (χ4v) is 3.59. The number of rotatable bonds is 5. The van der Waals surface area contributed by atoms with Gasteiger partial charge in [0.05, 0.1) is 0 Å². The van der Waals surface area contributed by atoms with Crippen LogP contribution in [0.1, 0.15) is 38.5 Å². The summed E-state index contributed by atoms with van der Waals surface area (Å²) in [6.07, 6.45) is 6.89. The van der Waals surface area contributed by atoms with Gasteiger partial charge in [-0.25, -0.2) is 4.79 Å². The lowest BCUT2D eigenvalue weighted by molar-refractivity contribution is -0.136. The summed E-state index contributed by atoms with van der Waals surface area (Å²) in [5.41, 5.74) is 0.0826. The van der Waals surface area contributed by atoms with Crippen LogP contribution in [0.15, 0.2) is 39.5 Å². The van der Waals surface area contributed by atoms with Crippen LogP contribution >= 0.6 is 0 Å². The molecule has 1 amide bonds. The predicted molar refractivity (Wildman–Crippen MR) is 90.1 cm³/mol. The van der Waals surface area contributed by atoms with Crippen LogP contribution in [0.2, 0.25) is 0 Å². The van der Waals surface area contributed by atoms with E-state index in [0.29, 0.717) is 23.4 Å². The normalized spacial score (nSPS) is 18.0. The number of carbonyl (C=O) groups excluding carboxylic acids is 1. The van der Waals surface area contributed by atoms with E-state index in [4.69, 9.17) is 9.15 Å². The third-order valence-corrected chi connectivity index (χ3v) is 4.90. The molecular weight excluding hydrogens is 306 g/mol. The molecule has 0 N–H and O–H groups in total. The van der Waals surface area contributed by atoms with Gasteiger partial charge in [-0.05, 0) is 43.9 Å². The van der Waals surface area contributed by atoms with E-state index >= 15 is 0 Å². The van der Waals surface area contributed by atoms with E-state index < -0.39 is 5.63 Å². The Balaban J connectivity index is 1.45. The van der Waals surface area contributed by atoms with Crippen molar-refractivity contribution in [1.82, 2.24) is 4.90 Å². The first kappa shape index (κ1) is 15.2. The second-order valence-electron chi connectivity index (χ2n) is 6.71. The molecule has 1 aromatic carbocycles. The SMILES string of the molecule is O=C(COc1ccc2ccc(=O)oc2c1)N(C1CCCC1)C1CC1. The van der Waals surface area contributed by atoms with Crippen LogP contribution in [0.4, 0.5) is 0 Å². The number of ether oxygens (including phenoxy) is 1. The number of amides is 1. The highest BCUT2D eigenvalue weighted by Gasteiger charge is 2.38. The van der Waals surface area contributed by atoms with Gasteiger partial charge in [-0.3, -0.25) is 4.79 Å². The Morgan fingerprint density at radius 2 is 1.79 bits per heavy atom. The van der Waals surface area contributed by atoms with Crippen LogP contribution in [-0.4, -0.2) is 29.5 Å². The quantitative estimate of drug-likeness (QED) is 0.792. The third kappa shape index (κ3) is 3.16. The van der Waals surface area contributed by atoms with Crippen molar-refractivity contribution in [1.29, 1.82) is 0 Å². The van der Waals surface area contributed by atoms with E-state index in [1.165, 1.54) is 18.9 Å². The van der Waals surface area contributed by atoms with E-state index in [2.05, 4.69) is 4.90 Å². The predicted octanol–water partition coefficient (Wildman–Crippen LogP) is 3.11. The van der Waals surface area contributed by atoms with Gasteiger partial charge in [-0.1, -0.05) is 12.8 Å². The Labute approximate surface area is 140 Å². The van der Waals surface area contributed by atoms with Gasteiger partial charge >= 0.3 is 5.63 Å². The summed E-state index contributed by atoms with van der Waals surface area (Å²) >= 11 is 0. The van der Waals surface area contributed by atoms with Crippen molar-refractivity contribution in [2.75, 3.05) is 6.61 Å². The van der Waals surface area contributed by atoms with Crippen LogP contribution in [0.3, 0.4) is 0 Å². The summed E-state index contributed by atoms with van der Waals surface area (Å²) in [5, 5.41) is 0.832. The Morgan fingerprint density at radius 3 is 2.54 bits per heavy atom. The Hall–Kier alpha value is -2.30. The van der Waals surface area contributed by atoms with Crippen LogP contribution in [0.25, 0.3) is 11.0 Å². The van der Waals surface area contributed by atoms with Crippen molar-refractivity contribution in [2.24, 2.45) is 0 Å². The highest BCUT2D eigenvalue weighted by atomic mass is 16.5. The number of benzene rings is 1. The number of hydrogen-bond donors (Lipinski definition) is 0. The first-order valence-corrected chi connectivity index (χ1v) is 8.68. The molecule has 2 aliphatic rings. The second-order valence-corrected chi connectivity index (χ2v) is 6.71. The molecule has 0 aliphatic heterocycles. The van der Waals surface area contributed by atoms with Gasteiger partial charge in [0, 0.05) is 29.6 Å². The molecule has 1 heterocycles. The Morgan fingerprint density at radius 1 is 1.08 bits per heavy atom. The van der Waals surface area contributed by atoms with E-state index in [1.807, 2.05) is 6.07 Å². The van der Waals surface area contributed by atoms with Crippen molar-refractivity contribution in [2.45, 2.75) is 50.6 Å². The monoisotopic (exact) mass is 327 g/mol. The summed E-state index contributed by atoms with van der Waals surface area (Å²) in [7, 11) is 0. The zero-order valence-electron chi connectivity index (χ0n) is 13.6. The van der Waals surface area contributed by atoms with E-state index in [1.54, 1.807) is 18.2 Å². The summed E-state index contributed by atoms with van der Waals surface area (Å²) in [5.74, 6) is 0.617. The average molecular weight is 327 g/mol. The summed E-state index contributed by atoms with van der Waals surface area (Å²) in [6, 6.07) is 9.20. The molecular formula is C19H21NO4. The zero-order chi connectivity index (χ0) is 16.5. The fourth-order valence-electron chi connectivity index (χ4n) is 3.59. The van der Waals surface area contributed by atoms with Gasteiger partial charge in [0.2, 0.25) is 0 Å². The summed E-state index contributed by atoms with van der Waals surface area (Å²) in [6.45, 7) is 0.0373. The van der Waals surface area contributed by atoms with Gasteiger partial charge in [-0.2, -0.15) is 0 Å². The second kappa shape index (κ2) is 6.30. The van der Waals surface area contributed by atoms with Crippen molar-refractivity contribution in [3.63, 3.8) is 0 Å². The molecule has 2 saturated carbocycles. The molecule has 0 saturated heterocycles. The van der Waals surface area contributed by atoms with Gasteiger partial charge in [0.15, 0.2) is 6.61 Å². The number of carbonyl (C=O) groups is 1. The van der Waals surface area contributed by atoms with Crippen molar-refractivity contribution in [3.05, 3.63) is 40.8 Å². The molecule has 0 bridgehead atoms. The zero-order valence-corrected chi connectivity index (χ0v) is 13.6. The smallest absolute Gasteiger partial charge is 0.336 e. The van der Waals surface area contributed by atoms with Gasteiger partial charge in [-0.15, -0.1) is 0 Å². The first-order valence-electron chi connectivity index (χ1n) is 8.68. The lowest BCUT2D eigenvalue weighted by atomic mass is 10.2. The molecule has 126 valence electrons. The minimum absolute atomic E-state index is 0.0373. The van der Waals surface area contributed by atoms with Crippen LogP contribution in [0, 0.1) is 0 Å². The first-order chi connectivity index (χ1) is 11.7. The Bertz CT molecular complexity index is 802. The standard InChI is InChI=1S/C19H21NO4/c21-18(20(15-7-8-15)14-3-1-2-4-14)12-23-16-9-5-13-6-10-19(22)24-17(13)11-16/h5-6,9-11,14-15H,1-4,7-8,12H2. The molecule has 5 heteroatoms. The van der Waals surface area contributed by atoms with Crippen LogP contribution in [0.5, 0.6) is 5.75 Å². The number of hydrogen-bond acceptors (Lipinski definition) is 4. The molecule has 1 aromatic heterocycles. The third-order valence-electron chi connectivity index (χ3n) is 4.90. The molecule has 24 heavy (non-hydrogen) atoms. The lowest BCUT2D eigenvalue weighted by Gasteiger charge is -2.29. The Kier molecular flexibility index (Phi) is 4.00. The van der Waals surface area contributed by atoms with E-state index in [0.717, 1.165) is 31.1 Å². The largest absolute Gasteiger partial charge is 0.484 e. The van der Waals surface area contributed by atoms with E-state index in [-0.39, 0.29) is 12.5 Å². The molecule has 2 fully saturated rings. The van der Waals surface area contributed by atoms with Gasteiger partial charge in [0.25, 0.3) is 5.91 Å². The van der Waals surface area contributed by atoms with Gasteiger partial charge in [0.1, 0.15) is 11.3 Å². The molecule has 2 aliphatic carbocycles. The maximum atomic E-state index is 12.6. The van der Waals surface area contributed by atoms with Crippen LogP contribution < -0.4 is 10.4 Å². The van der Waals surface area contributed by atoms with Gasteiger partial charge < -0.3 is 14.1 Å². The maximum absolute atomic E-state index is 12.6. The van der Waals surface area contributed by atoms with Crippen molar-refractivity contribution >= 4 is 16.9 Å². The minimum atomic E-state index is -0.392. The lowest BCUT2D eigenvalue weighted by Crippen LogP contribution is -2.43. The molecule has 0 unspecified atom stereocenters. The van der Waals surface area contributed by atoms with Crippen LogP contribution in [-0.2, 0) is 4.79 Å². The molecule has 0 spiro atoms. The van der Waals surface area contributed by atoms with E-state index in [9.17, 15) is 9.59 Å².